The van der Waals surface area contributed by atoms with E-state index in [1.165, 1.54) is 12.8 Å². The summed E-state index contributed by atoms with van der Waals surface area (Å²) < 4.78 is 11.3. The first kappa shape index (κ1) is 19.1. The molecule has 0 spiro atoms. The van der Waals surface area contributed by atoms with Crippen LogP contribution in [0.3, 0.4) is 0 Å². The molecule has 0 atom stereocenters. The van der Waals surface area contributed by atoms with Crippen LogP contribution in [-0.2, 0) is 0 Å². The number of rotatable bonds is 8. The number of nitrogens with one attached hydrogen (secondary N) is 2. The van der Waals surface area contributed by atoms with Crippen LogP contribution in [0.4, 0.5) is 17.5 Å². The van der Waals surface area contributed by atoms with Crippen molar-refractivity contribution in [3.05, 3.63) is 54.6 Å². The molecule has 1 aliphatic rings. The van der Waals surface area contributed by atoms with Crippen LogP contribution in [0.25, 0.3) is 11.3 Å². The van der Waals surface area contributed by atoms with E-state index in [1.807, 2.05) is 42.5 Å². The van der Waals surface area contributed by atoms with Gasteiger partial charge in [0.15, 0.2) is 11.5 Å². The van der Waals surface area contributed by atoms with Crippen molar-refractivity contribution < 1.29 is 9.47 Å². The van der Waals surface area contributed by atoms with E-state index in [9.17, 15) is 0 Å². The normalized spacial score (nSPS) is 12.4. The minimum absolute atomic E-state index is 0.543. The molecule has 1 aliphatic heterocycles. The summed E-state index contributed by atoms with van der Waals surface area (Å²) in [6.45, 7) is 4.23. The first-order valence-electron chi connectivity index (χ1n) is 10.2. The third-order valence-electron chi connectivity index (χ3n) is 4.68. The van der Waals surface area contributed by atoms with Gasteiger partial charge < -0.3 is 20.1 Å². The Morgan fingerprint density at radius 1 is 0.897 bits per heavy atom. The highest BCUT2D eigenvalue weighted by Crippen LogP contribution is 2.33. The van der Waals surface area contributed by atoms with Crippen LogP contribution >= 0.6 is 0 Å². The lowest BCUT2D eigenvalue weighted by molar-refractivity contribution is 0.171. The Morgan fingerprint density at radius 3 is 2.55 bits per heavy atom. The van der Waals surface area contributed by atoms with Crippen molar-refractivity contribution in [2.75, 3.05) is 30.4 Å². The molecule has 6 heteroatoms. The van der Waals surface area contributed by atoms with Gasteiger partial charge in [0.25, 0.3) is 0 Å². The lowest BCUT2D eigenvalue weighted by atomic mass is 10.1. The summed E-state index contributed by atoms with van der Waals surface area (Å²) in [5.41, 5.74) is 2.78. The van der Waals surface area contributed by atoms with Crippen molar-refractivity contribution in [2.45, 2.75) is 26.2 Å². The molecule has 2 N–H and O–H groups in total. The summed E-state index contributed by atoms with van der Waals surface area (Å²) in [5.74, 6) is 2.86. The summed E-state index contributed by atoms with van der Waals surface area (Å²) in [6.07, 6.45) is 3.51. The number of benzene rings is 2. The summed E-state index contributed by atoms with van der Waals surface area (Å²) in [7, 11) is 0. The van der Waals surface area contributed by atoms with Crippen LogP contribution in [0, 0.1) is 0 Å². The molecule has 0 saturated carbocycles. The van der Waals surface area contributed by atoms with Crippen LogP contribution in [0.15, 0.2) is 54.6 Å². The monoisotopic (exact) mass is 390 g/mol. The number of aromatic nitrogens is 2. The van der Waals surface area contributed by atoms with E-state index in [0.717, 1.165) is 47.2 Å². The van der Waals surface area contributed by atoms with Gasteiger partial charge in [-0.3, -0.25) is 0 Å². The van der Waals surface area contributed by atoms with Gasteiger partial charge in [0.05, 0.1) is 5.69 Å². The average Bonchev–Trinajstić information content (AvgIpc) is 2.77. The van der Waals surface area contributed by atoms with Crippen molar-refractivity contribution in [2.24, 2.45) is 0 Å². The Hall–Kier alpha value is -3.28. The first-order valence-corrected chi connectivity index (χ1v) is 10.2. The highest BCUT2D eigenvalue weighted by Gasteiger charge is 2.13. The molecule has 150 valence electrons. The largest absolute Gasteiger partial charge is 0.486 e. The fourth-order valence-electron chi connectivity index (χ4n) is 3.19. The quantitative estimate of drug-likeness (QED) is 0.511. The van der Waals surface area contributed by atoms with E-state index < -0.39 is 0 Å². The maximum absolute atomic E-state index is 5.68. The molecule has 0 unspecified atom stereocenters. The second-order valence-corrected chi connectivity index (χ2v) is 6.95. The van der Waals surface area contributed by atoms with Gasteiger partial charge in [-0.2, -0.15) is 4.98 Å². The highest BCUT2D eigenvalue weighted by molar-refractivity contribution is 5.67. The van der Waals surface area contributed by atoms with Gasteiger partial charge in [0, 0.05) is 29.9 Å². The van der Waals surface area contributed by atoms with E-state index in [0.29, 0.717) is 19.2 Å². The van der Waals surface area contributed by atoms with Crippen LogP contribution in [0.1, 0.15) is 26.2 Å². The van der Waals surface area contributed by atoms with Crippen molar-refractivity contribution in [3.63, 3.8) is 0 Å². The van der Waals surface area contributed by atoms with Crippen molar-refractivity contribution in [1.29, 1.82) is 0 Å². The van der Waals surface area contributed by atoms with Gasteiger partial charge in [0.2, 0.25) is 5.95 Å². The van der Waals surface area contributed by atoms with Crippen LogP contribution in [0.2, 0.25) is 0 Å². The van der Waals surface area contributed by atoms with E-state index in [2.05, 4.69) is 34.7 Å². The topological polar surface area (TPSA) is 68.3 Å². The minimum Gasteiger partial charge on any atom is -0.486 e. The standard InChI is InChI=1S/C23H26N4O2/c1-2-3-7-12-24-22-16-19(17-8-5-4-6-9-17)26-23(27-22)25-18-10-11-20-21(15-18)29-14-13-28-20/h4-6,8-11,15-16H,2-3,7,12-14H2,1H3,(H2,24,25,26,27). The molecule has 0 amide bonds. The molecular weight excluding hydrogens is 364 g/mol. The number of anilines is 3. The second-order valence-electron chi connectivity index (χ2n) is 6.95. The average molecular weight is 390 g/mol. The molecule has 0 radical (unpaired) electrons. The molecule has 2 aromatic carbocycles. The molecule has 2 heterocycles. The molecule has 0 aliphatic carbocycles. The summed E-state index contributed by atoms with van der Waals surface area (Å²) in [5, 5.41) is 6.74. The van der Waals surface area contributed by atoms with E-state index in [4.69, 9.17) is 14.5 Å². The van der Waals surface area contributed by atoms with Crippen molar-refractivity contribution in [1.82, 2.24) is 9.97 Å². The summed E-state index contributed by atoms with van der Waals surface area (Å²) >= 11 is 0. The molecule has 4 rings (SSSR count). The van der Waals surface area contributed by atoms with E-state index >= 15 is 0 Å². The summed E-state index contributed by atoms with van der Waals surface area (Å²) in [6, 6.07) is 17.9. The first-order chi connectivity index (χ1) is 14.3. The maximum atomic E-state index is 5.68. The van der Waals surface area contributed by atoms with Gasteiger partial charge in [-0.05, 0) is 18.6 Å². The molecule has 6 nitrogen and oxygen atoms in total. The third-order valence-corrected chi connectivity index (χ3v) is 4.68. The third kappa shape index (κ3) is 4.96. The predicted octanol–water partition coefficient (Wildman–Crippen LogP) is 5.26. The van der Waals surface area contributed by atoms with Crippen LogP contribution in [-0.4, -0.2) is 29.7 Å². The zero-order valence-electron chi connectivity index (χ0n) is 16.6. The van der Waals surface area contributed by atoms with Gasteiger partial charge in [-0.15, -0.1) is 0 Å². The number of hydrogen-bond acceptors (Lipinski definition) is 6. The smallest absolute Gasteiger partial charge is 0.229 e. The van der Waals surface area contributed by atoms with E-state index in [1.54, 1.807) is 0 Å². The number of unbranched alkanes of at least 4 members (excludes halogenated alkanes) is 2. The Labute approximate surface area is 171 Å². The lowest BCUT2D eigenvalue weighted by Crippen LogP contribution is -2.15. The highest BCUT2D eigenvalue weighted by atomic mass is 16.6. The van der Waals surface area contributed by atoms with Gasteiger partial charge >= 0.3 is 0 Å². The Kier molecular flexibility index (Phi) is 6.10. The van der Waals surface area contributed by atoms with E-state index in [-0.39, 0.29) is 0 Å². The van der Waals surface area contributed by atoms with Gasteiger partial charge in [-0.1, -0.05) is 50.1 Å². The number of nitrogens with zero attached hydrogens (tertiary/aromatic N) is 2. The Bertz CT molecular complexity index is 947. The molecule has 29 heavy (non-hydrogen) atoms. The molecule has 3 aromatic rings. The number of hydrogen-bond donors (Lipinski definition) is 2. The summed E-state index contributed by atoms with van der Waals surface area (Å²) in [4.78, 5) is 9.38. The molecular formula is C23H26N4O2. The number of ether oxygens (including phenoxy) is 2. The SMILES string of the molecule is CCCCCNc1cc(-c2ccccc2)nc(Nc2ccc3c(c2)OCCO3)n1. The van der Waals surface area contributed by atoms with Crippen molar-refractivity contribution in [3.8, 4) is 22.8 Å². The molecule has 0 bridgehead atoms. The Morgan fingerprint density at radius 2 is 1.72 bits per heavy atom. The molecule has 0 saturated heterocycles. The van der Waals surface area contributed by atoms with Crippen LogP contribution < -0.4 is 20.1 Å². The van der Waals surface area contributed by atoms with Gasteiger partial charge in [0.1, 0.15) is 19.0 Å². The lowest BCUT2D eigenvalue weighted by Gasteiger charge is -2.19. The predicted molar refractivity (Wildman–Crippen MR) is 116 cm³/mol. The fraction of sp³-hybridized carbons (Fsp3) is 0.304. The fourth-order valence-corrected chi connectivity index (χ4v) is 3.19. The zero-order valence-corrected chi connectivity index (χ0v) is 16.6. The van der Waals surface area contributed by atoms with Gasteiger partial charge in [-0.25, -0.2) is 4.98 Å². The van der Waals surface area contributed by atoms with Crippen molar-refractivity contribution >= 4 is 17.5 Å². The minimum atomic E-state index is 0.543. The Balaban J connectivity index is 1.59. The molecule has 0 fully saturated rings. The maximum Gasteiger partial charge on any atom is 0.229 e. The van der Waals surface area contributed by atoms with Crippen LogP contribution in [0.5, 0.6) is 11.5 Å². The molecule has 1 aromatic heterocycles. The number of fused-ring (bicyclic) bond motifs is 1. The second kappa shape index (κ2) is 9.28. The zero-order chi connectivity index (χ0) is 19.9.